The number of nitrogens with one attached hydrogen (secondary N) is 1. The highest BCUT2D eigenvalue weighted by Crippen LogP contribution is 2.30. The zero-order chi connectivity index (χ0) is 17.8. The normalized spacial score (nSPS) is 14.0. The van der Waals surface area contributed by atoms with E-state index >= 15 is 0 Å². The molecule has 0 bridgehead atoms. The molecule has 1 saturated carbocycles. The molecule has 0 atom stereocenters. The zero-order valence-electron chi connectivity index (χ0n) is 14.9. The molecule has 1 fully saturated rings. The maximum absolute atomic E-state index is 12.6. The minimum Gasteiger partial charge on any atom is -0.385 e. The van der Waals surface area contributed by atoms with E-state index in [1.165, 1.54) is 35.9 Å². The molecule has 0 amide bonds. The molecule has 0 radical (unpaired) electrons. The Labute approximate surface area is 156 Å². The summed E-state index contributed by atoms with van der Waals surface area (Å²) in [6, 6.07) is 2.56. The maximum Gasteiger partial charge on any atom is 0.206 e. The Morgan fingerprint density at radius 3 is 2.96 bits per heavy atom. The van der Waals surface area contributed by atoms with Crippen molar-refractivity contribution >= 4 is 34.0 Å². The molecule has 0 unspecified atom stereocenters. The predicted octanol–water partition coefficient (Wildman–Crippen LogP) is 3.54. The Bertz CT molecular complexity index is 737. The highest BCUT2D eigenvalue weighted by atomic mass is 32.2. The number of carbonyl (C=O) groups excluding carboxylic acids is 1. The van der Waals surface area contributed by atoms with Gasteiger partial charge in [-0.05, 0) is 39.2 Å². The lowest BCUT2D eigenvalue weighted by atomic mass is 10.2. The van der Waals surface area contributed by atoms with Gasteiger partial charge in [-0.15, -0.1) is 10.2 Å². The lowest BCUT2D eigenvalue weighted by Gasteiger charge is -2.09. The van der Waals surface area contributed by atoms with Crippen molar-refractivity contribution in [2.45, 2.75) is 50.0 Å². The van der Waals surface area contributed by atoms with Crippen molar-refractivity contribution in [1.29, 1.82) is 0 Å². The van der Waals surface area contributed by atoms with E-state index in [1.807, 2.05) is 19.9 Å². The Balaban J connectivity index is 1.57. The molecule has 1 aliphatic carbocycles. The molecule has 136 valence electrons. The summed E-state index contributed by atoms with van der Waals surface area (Å²) in [5.74, 6) is 0.531. The Morgan fingerprint density at radius 2 is 2.24 bits per heavy atom. The van der Waals surface area contributed by atoms with Gasteiger partial charge in [0, 0.05) is 43.3 Å². The summed E-state index contributed by atoms with van der Waals surface area (Å²) in [4.78, 5) is 12.6. The monoisotopic (exact) mass is 380 g/mol. The lowest BCUT2D eigenvalue weighted by Crippen LogP contribution is -2.08. The molecule has 0 aromatic carbocycles. The number of methoxy groups -OCH3 is 1. The van der Waals surface area contributed by atoms with Gasteiger partial charge in [-0.3, -0.25) is 4.79 Å². The van der Waals surface area contributed by atoms with E-state index in [0.717, 1.165) is 46.0 Å². The van der Waals surface area contributed by atoms with E-state index in [-0.39, 0.29) is 5.78 Å². The molecule has 2 heterocycles. The van der Waals surface area contributed by atoms with Crippen molar-refractivity contribution in [2.24, 2.45) is 0 Å². The van der Waals surface area contributed by atoms with Gasteiger partial charge in [-0.25, -0.2) is 0 Å². The van der Waals surface area contributed by atoms with Gasteiger partial charge in [0.2, 0.25) is 5.13 Å². The van der Waals surface area contributed by atoms with Crippen LogP contribution in [0.3, 0.4) is 0 Å². The van der Waals surface area contributed by atoms with Gasteiger partial charge in [0.25, 0.3) is 0 Å². The van der Waals surface area contributed by atoms with Crippen LogP contribution in [0.25, 0.3) is 0 Å². The van der Waals surface area contributed by atoms with E-state index in [1.54, 1.807) is 7.11 Å². The number of rotatable bonds is 10. The van der Waals surface area contributed by atoms with E-state index in [4.69, 9.17) is 4.74 Å². The molecule has 2 aromatic rings. The van der Waals surface area contributed by atoms with Gasteiger partial charge >= 0.3 is 0 Å². The fourth-order valence-corrected chi connectivity index (χ4v) is 4.44. The van der Waals surface area contributed by atoms with E-state index in [2.05, 4.69) is 20.1 Å². The Hall–Kier alpha value is -1.38. The van der Waals surface area contributed by atoms with Crippen molar-refractivity contribution in [1.82, 2.24) is 14.8 Å². The molecule has 25 heavy (non-hydrogen) atoms. The van der Waals surface area contributed by atoms with Crippen LogP contribution in [0.5, 0.6) is 0 Å². The van der Waals surface area contributed by atoms with Crippen LogP contribution in [0.4, 0.5) is 5.13 Å². The van der Waals surface area contributed by atoms with Crippen LogP contribution in [0.15, 0.2) is 10.4 Å². The molecule has 3 rings (SSSR count). The van der Waals surface area contributed by atoms with Crippen molar-refractivity contribution in [3.05, 3.63) is 23.0 Å². The van der Waals surface area contributed by atoms with Crippen molar-refractivity contribution in [3.8, 4) is 0 Å². The highest BCUT2D eigenvalue weighted by Gasteiger charge is 2.22. The first-order valence-corrected chi connectivity index (χ1v) is 10.3. The first-order valence-electron chi connectivity index (χ1n) is 8.50. The van der Waals surface area contributed by atoms with Crippen LogP contribution in [0, 0.1) is 13.8 Å². The van der Waals surface area contributed by atoms with Crippen LogP contribution in [-0.4, -0.2) is 46.1 Å². The molecule has 8 heteroatoms. The molecule has 1 N–H and O–H groups in total. The number of anilines is 1. The molecule has 0 saturated heterocycles. The molecule has 1 aliphatic rings. The predicted molar refractivity (Wildman–Crippen MR) is 102 cm³/mol. The zero-order valence-corrected chi connectivity index (χ0v) is 16.5. The standard InChI is InChI=1S/C17H24N4O2S2/c1-11-9-14(12(2)21(11)7-4-8-23-3)15(22)10-24-17-20-19-16(25-17)18-13-5-6-13/h9,13H,4-8,10H2,1-3H3,(H,18,19). The number of aromatic nitrogens is 3. The van der Waals surface area contributed by atoms with Crippen LogP contribution < -0.4 is 5.32 Å². The summed E-state index contributed by atoms with van der Waals surface area (Å²) >= 11 is 2.99. The van der Waals surface area contributed by atoms with Crippen molar-refractivity contribution in [3.63, 3.8) is 0 Å². The third-order valence-electron chi connectivity index (χ3n) is 4.24. The van der Waals surface area contributed by atoms with Gasteiger partial charge in [-0.2, -0.15) is 0 Å². The number of hydrogen-bond donors (Lipinski definition) is 1. The van der Waals surface area contributed by atoms with Crippen molar-refractivity contribution in [2.75, 3.05) is 24.8 Å². The minimum absolute atomic E-state index is 0.142. The van der Waals surface area contributed by atoms with Crippen LogP contribution >= 0.6 is 23.1 Å². The third kappa shape index (κ3) is 4.83. The molecule has 0 spiro atoms. The summed E-state index contributed by atoms with van der Waals surface area (Å²) in [7, 11) is 1.71. The van der Waals surface area contributed by atoms with Gasteiger partial charge in [0.15, 0.2) is 10.1 Å². The maximum atomic E-state index is 12.6. The lowest BCUT2D eigenvalue weighted by molar-refractivity contribution is 0.102. The fraction of sp³-hybridized carbons (Fsp3) is 0.588. The number of ketones is 1. The van der Waals surface area contributed by atoms with Crippen molar-refractivity contribution < 1.29 is 9.53 Å². The largest absolute Gasteiger partial charge is 0.385 e. The third-order valence-corrected chi connectivity index (χ3v) is 6.23. The van der Waals surface area contributed by atoms with E-state index in [9.17, 15) is 4.79 Å². The molecular formula is C17H24N4O2S2. The molecule has 0 aliphatic heterocycles. The number of hydrogen-bond acceptors (Lipinski definition) is 7. The average molecular weight is 381 g/mol. The minimum atomic E-state index is 0.142. The first kappa shape index (κ1) is 18.4. The quantitative estimate of drug-likeness (QED) is 0.386. The van der Waals surface area contributed by atoms with Crippen LogP contribution in [0.2, 0.25) is 0 Å². The van der Waals surface area contributed by atoms with Gasteiger partial charge < -0.3 is 14.6 Å². The van der Waals surface area contributed by atoms with Gasteiger partial charge in [0.05, 0.1) is 5.75 Å². The second-order valence-electron chi connectivity index (χ2n) is 6.29. The topological polar surface area (TPSA) is 69.0 Å². The first-order chi connectivity index (χ1) is 12.1. The summed E-state index contributed by atoms with van der Waals surface area (Å²) < 4.78 is 8.15. The van der Waals surface area contributed by atoms with E-state index < -0.39 is 0 Å². The summed E-state index contributed by atoms with van der Waals surface area (Å²) in [5.41, 5.74) is 2.96. The average Bonchev–Trinajstić information content (AvgIpc) is 3.22. The number of aryl methyl sites for hydroxylation is 1. The summed E-state index contributed by atoms with van der Waals surface area (Å²) in [6.45, 7) is 5.66. The summed E-state index contributed by atoms with van der Waals surface area (Å²) in [5, 5.41) is 12.5. The second kappa shape index (κ2) is 8.33. The highest BCUT2D eigenvalue weighted by molar-refractivity contribution is 8.01. The van der Waals surface area contributed by atoms with E-state index in [0.29, 0.717) is 11.8 Å². The van der Waals surface area contributed by atoms with Gasteiger partial charge in [-0.1, -0.05) is 23.1 Å². The second-order valence-corrected chi connectivity index (χ2v) is 8.49. The SMILES string of the molecule is COCCCn1c(C)cc(C(=O)CSc2nnc(NC3CC3)s2)c1C. The number of nitrogens with zero attached hydrogens (tertiary/aromatic N) is 3. The Morgan fingerprint density at radius 1 is 1.44 bits per heavy atom. The fourth-order valence-electron chi connectivity index (χ4n) is 2.73. The molecular weight excluding hydrogens is 356 g/mol. The Kier molecular flexibility index (Phi) is 6.14. The van der Waals surface area contributed by atoms with Crippen LogP contribution in [-0.2, 0) is 11.3 Å². The molecule has 2 aromatic heterocycles. The number of Topliss-reactive ketones (excluding diaryl/α,β-unsaturated/α-hetero) is 1. The van der Waals surface area contributed by atoms with Gasteiger partial charge in [0.1, 0.15) is 0 Å². The number of thioether (sulfide) groups is 1. The summed E-state index contributed by atoms with van der Waals surface area (Å²) in [6.07, 6.45) is 3.36. The number of carbonyl (C=O) groups is 1. The smallest absolute Gasteiger partial charge is 0.206 e. The van der Waals surface area contributed by atoms with Crippen LogP contribution in [0.1, 0.15) is 41.0 Å². The molecule has 6 nitrogen and oxygen atoms in total. The number of ether oxygens (including phenoxy) is 1.